The Morgan fingerprint density at radius 2 is 1.82 bits per heavy atom. The highest BCUT2D eigenvalue weighted by atomic mass is 16.3. The number of furan rings is 1. The number of amides is 2. The lowest BCUT2D eigenvalue weighted by Gasteiger charge is -2.34. The number of allylic oxidation sites excluding steroid dienone is 1. The lowest BCUT2D eigenvalue weighted by atomic mass is 10.2. The van der Waals surface area contributed by atoms with E-state index in [1.165, 1.54) is 29.0 Å². The number of piperazine rings is 1. The van der Waals surface area contributed by atoms with Gasteiger partial charge in [-0.25, -0.2) is 4.79 Å². The lowest BCUT2D eigenvalue weighted by molar-refractivity contribution is -0.118. The predicted octanol–water partition coefficient (Wildman–Crippen LogP) is 0.824. The van der Waals surface area contributed by atoms with Crippen LogP contribution in [0.25, 0.3) is 0 Å². The molecule has 0 aliphatic carbocycles. The molecule has 0 atom stereocenters. The summed E-state index contributed by atoms with van der Waals surface area (Å²) >= 11 is 0. The molecular formula is C23H31N5O5. The molecule has 1 fully saturated rings. The van der Waals surface area contributed by atoms with Crippen LogP contribution in [0.4, 0.5) is 5.69 Å². The first-order chi connectivity index (χ1) is 15.7. The van der Waals surface area contributed by atoms with Crippen molar-refractivity contribution in [2.24, 2.45) is 14.1 Å². The van der Waals surface area contributed by atoms with Gasteiger partial charge < -0.3 is 18.8 Å². The average molecular weight is 458 g/mol. The highest BCUT2D eigenvalue weighted by Crippen LogP contribution is 2.12. The number of aryl methyl sites for hydroxylation is 1. The molecule has 3 rings (SSSR count). The minimum atomic E-state index is -0.501. The predicted molar refractivity (Wildman–Crippen MR) is 124 cm³/mol. The van der Waals surface area contributed by atoms with Crippen LogP contribution in [0.3, 0.4) is 0 Å². The van der Waals surface area contributed by atoms with Gasteiger partial charge in [0.2, 0.25) is 5.91 Å². The van der Waals surface area contributed by atoms with Crippen molar-refractivity contribution in [1.82, 2.24) is 18.9 Å². The summed E-state index contributed by atoms with van der Waals surface area (Å²) < 4.78 is 7.50. The van der Waals surface area contributed by atoms with E-state index in [4.69, 9.17) is 4.42 Å². The van der Waals surface area contributed by atoms with E-state index >= 15 is 0 Å². The minimum absolute atomic E-state index is 0.130. The van der Waals surface area contributed by atoms with Gasteiger partial charge in [-0.2, -0.15) is 0 Å². The Hall–Kier alpha value is -3.40. The number of hydrogen-bond acceptors (Lipinski definition) is 6. The van der Waals surface area contributed by atoms with Gasteiger partial charge in [-0.15, -0.1) is 0 Å². The third kappa shape index (κ3) is 5.70. The van der Waals surface area contributed by atoms with Crippen molar-refractivity contribution in [3.8, 4) is 0 Å². The van der Waals surface area contributed by atoms with Crippen LogP contribution in [0.15, 0.2) is 50.2 Å². The van der Waals surface area contributed by atoms with Crippen LogP contribution in [0, 0.1) is 0 Å². The summed E-state index contributed by atoms with van der Waals surface area (Å²) in [5.74, 6) is -0.00103. The van der Waals surface area contributed by atoms with Gasteiger partial charge in [0, 0.05) is 66.0 Å². The topological polar surface area (TPSA) is 101 Å². The van der Waals surface area contributed by atoms with Crippen LogP contribution in [0.5, 0.6) is 0 Å². The molecule has 0 bridgehead atoms. The van der Waals surface area contributed by atoms with Crippen molar-refractivity contribution in [3.63, 3.8) is 0 Å². The molecule has 1 aliphatic rings. The molecule has 0 saturated carbocycles. The fourth-order valence-electron chi connectivity index (χ4n) is 3.70. The zero-order chi connectivity index (χ0) is 24.1. The molecule has 2 aromatic heterocycles. The van der Waals surface area contributed by atoms with E-state index in [-0.39, 0.29) is 30.5 Å². The number of aromatic nitrogens is 2. The molecule has 10 heteroatoms. The van der Waals surface area contributed by atoms with E-state index in [1.54, 1.807) is 24.1 Å². The molecule has 2 amide bonds. The second-order valence-electron chi connectivity index (χ2n) is 8.42. The average Bonchev–Trinajstić information content (AvgIpc) is 3.34. The molecule has 178 valence electrons. The number of carbonyl (C=O) groups is 2. The highest BCUT2D eigenvalue weighted by Gasteiger charge is 2.25. The maximum atomic E-state index is 13.1. The summed E-state index contributed by atoms with van der Waals surface area (Å²) in [5.41, 5.74) is 0.252. The Kier molecular flexibility index (Phi) is 7.70. The van der Waals surface area contributed by atoms with Gasteiger partial charge >= 0.3 is 5.69 Å². The van der Waals surface area contributed by atoms with Crippen LogP contribution in [0.1, 0.15) is 30.8 Å². The Bertz CT molecular complexity index is 1130. The molecular weight excluding hydrogens is 426 g/mol. The minimum Gasteiger partial charge on any atom is -0.459 e. The molecule has 1 aliphatic heterocycles. The number of nitrogens with zero attached hydrogens (tertiary/aromatic N) is 5. The van der Waals surface area contributed by atoms with Crippen LogP contribution < -0.4 is 16.1 Å². The van der Waals surface area contributed by atoms with E-state index in [0.717, 1.165) is 10.1 Å². The molecule has 0 aromatic carbocycles. The first-order valence-electron chi connectivity index (χ1n) is 10.9. The van der Waals surface area contributed by atoms with Gasteiger partial charge in [0.25, 0.3) is 11.5 Å². The molecule has 2 aromatic rings. The lowest BCUT2D eigenvalue weighted by Crippen LogP contribution is -2.49. The Morgan fingerprint density at radius 3 is 2.42 bits per heavy atom. The summed E-state index contributed by atoms with van der Waals surface area (Å²) in [6.07, 6.45) is 4.99. The van der Waals surface area contributed by atoms with Crippen molar-refractivity contribution in [2.75, 3.05) is 44.2 Å². The second-order valence-corrected chi connectivity index (χ2v) is 8.42. The fourth-order valence-corrected chi connectivity index (χ4v) is 3.70. The van der Waals surface area contributed by atoms with Crippen molar-refractivity contribution in [3.05, 3.63) is 62.8 Å². The summed E-state index contributed by atoms with van der Waals surface area (Å²) in [5, 5.41) is 0. The third-order valence-corrected chi connectivity index (χ3v) is 5.74. The smallest absolute Gasteiger partial charge is 0.330 e. The summed E-state index contributed by atoms with van der Waals surface area (Å²) in [6.45, 7) is 7.01. The van der Waals surface area contributed by atoms with E-state index in [2.05, 4.69) is 4.90 Å². The molecule has 1 saturated heterocycles. The van der Waals surface area contributed by atoms with Crippen LogP contribution in [-0.2, 0) is 18.9 Å². The zero-order valence-electron chi connectivity index (χ0n) is 19.6. The number of rotatable bonds is 7. The zero-order valence-corrected chi connectivity index (χ0v) is 19.6. The maximum Gasteiger partial charge on any atom is 0.330 e. The van der Waals surface area contributed by atoms with E-state index in [0.29, 0.717) is 38.5 Å². The second kappa shape index (κ2) is 10.5. The molecule has 0 spiro atoms. The van der Waals surface area contributed by atoms with E-state index in [1.807, 2.05) is 19.9 Å². The van der Waals surface area contributed by atoms with Crippen molar-refractivity contribution in [1.29, 1.82) is 0 Å². The normalized spacial score (nSPS) is 14.2. The standard InChI is InChI=1S/C23H31N5O5/c1-17(2)7-10-28(18-16-24(3)23(32)25(4)21(18)30)20(29)8-9-26-11-13-27(14-12-26)22(31)19-6-5-15-33-19/h5-7,15-16H,8-14H2,1-4H3. The number of hydrogen-bond donors (Lipinski definition) is 0. The molecule has 33 heavy (non-hydrogen) atoms. The Morgan fingerprint density at radius 1 is 1.12 bits per heavy atom. The van der Waals surface area contributed by atoms with E-state index < -0.39 is 11.2 Å². The first kappa shape index (κ1) is 24.2. The fraction of sp³-hybridized carbons (Fsp3) is 0.478. The van der Waals surface area contributed by atoms with Gasteiger partial charge in [-0.3, -0.25) is 23.9 Å². The van der Waals surface area contributed by atoms with Crippen LogP contribution in [-0.4, -0.2) is 70.0 Å². The molecule has 0 unspecified atom stereocenters. The first-order valence-corrected chi connectivity index (χ1v) is 10.9. The van der Waals surface area contributed by atoms with Gasteiger partial charge in [-0.05, 0) is 26.0 Å². The van der Waals surface area contributed by atoms with Gasteiger partial charge in [-0.1, -0.05) is 11.6 Å². The number of carbonyl (C=O) groups excluding carboxylic acids is 2. The SMILES string of the molecule is CC(C)=CCN(C(=O)CCN1CCN(C(=O)c2ccco2)CC1)c1cn(C)c(=O)n(C)c1=O. The number of anilines is 1. The molecule has 3 heterocycles. The summed E-state index contributed by atoms with van der Waals surface area (Å²) in [6, 6.07) is 3.34. The van der Waals surface area contributed by atoms with Gasteiger partial charge in [0.05, 0.1) is 6.26 Å². The van der Waals surface area contributed by atoms with Crippen molar-refractivity contribution in [2.45, 2.75) is 20.3 Å². The van der Waals surface area contributed by atoms with Gasteiger partial charge in [0.15, 0.2) is 5.76 Å². The monoisotopic (exact) mass is 457 g/mol. The molecule has 0 radical (unpaired) electrons. The third-order valence-electron chi connectivity index (χ3n) is 5.74. The maximum absolute atomic E-state index is 13.1. The molecule has 10 nitrogen and oxygen atoms in total. The van der Waals surface area contributed by atoms with Crippen molar-refractivity contribution >= 4 is 17.5 Å². The van der Waals surface area contributed by atoms with Gasteiger partial charge in [0.1, 0.15) is 5.69 Å². The summed E-state index contributed by atoms with van der Waals surface area (Å²) in [7, 11) is 2.96. The van der Waals surface area contributed by atoms with E-state index in [9.17, 15) is 19.2 Å². The van der Waals surface area contributed by atoms with Crippen molar-refractivity contribution < 1.29 is 14.0 Å². The largest absolute Gasteiger partial charge is 0.459 e. The Labute approximate surface area is 192 Å². The summed E-state index contributed by atoms with van der Waals surface area (Å²) in [4.78, 5) is 55.6. The quantitative estimate of drug-likeness (QED) is 0.571. The van der Waals surface area contributed by atoms with Crippen LogP contribution in [0.2, 0.25) is 0 Å². The Balaban J connectivity index is 1.65. The van der Waals surface area contributed by atoms with Crippen LogP contribution >= 0.6 is 0 Å². The highest BCUT2D eigenvalue weighted by molar-refractivity contribution is 5.93. The molecule has 0 N–H and O–H groups in total.